The van der Waals surface area contributed by atoms with Gasteiger partial charge in [-0.1, -0.05) is 0 Å². The Kier molecular flexibility index (Phi) is 3.98. The Balaban J connectivity index is 1.67. The van der Waals surface area contributed by atoms with Crippen molar-refractivity contribution in [2.24, 2.45) is 0 Å². The molecule has 0 atom stereocenters. The van der Waals surface area contributed by atoms with Gasteiger partial charge < -0.3 is 19.5 Å². The molecule has 20 heavy (non-hydrogen) atoms. The van der Waals surface area contributed by atoms with Crippen LogP contribution in [0.4, 0.5) is 0 Å². The lowest BCUT2D eigenvalue weighted by atomic mass is 10.1. The minimum Gasteiger partial charge on any atom is -0.493 e. The van der Waals surface area contributed by atoms with Crippen molar-refractivity contribution in [2.45, 2.75) is 24.1 Å². The summed E-state index contributed by atoms with van der Waals surface area (Å²) in [6, 6.07) is 4.07. The minimum atomic E-state index is 0.484. The predicted octanol–water partition coefficient (Wildman–Crippen LogP) is 2.45. The predicted molar refractivity (Wildman–Crippen MR) is 81.2 cm³/mol. The molecule has 1 aliphatic carbocycles. The summed E-state index contributed by atoms with van der Waals surface area (Å²) in [7, 11) is 1.66. The van der Waals surface area contributed by atoms with Crippen molar-refractivity contribution in [3.63, 3.8) is 0 Å². The normalized spacial score (nSPS) is 18.7. The molecule has 0 amide bonds. The molecule has 2 aliphatic rings. The van der Waals surface area contributed by atoms with Crippen LogP contribution in [0.3, 0.4) is 0 Å². The largest absolute Gasteiger partial charge is 0.493 e. The first-order valence-corrected chi connectivity index (χ1v) is 8.21. The Morgan fingerprint density at radius 1 is 1.30 bits per heavy atom. The molecule has 5 heteroatoms. The van der Waals surface area contributed by atoms with E-state index in [9.17, 15) is 0 Å². The Labute approximate surface area is 124 Å². The zero-order valence-electron chi connectivity index (χ0n) is 12.0. The number of rotatable bonds is 6. The Morgan fingerprint density at radius 3 is 2.80 bits per heavy atom. The highest BCUT2D eigenvalue weighted by molar-refractivity contribution is 8.00. The summed E-state index contributed by atoms with van der Waals surface area (Å²) in [5.41, 5.74) is 1.17. The lowest BCUT2D eigenvalue weighted by Crippen LogP contribution is -2.25. The molecule has 0 aromatic heterocycles. The maximum absolute atomic E-state index is 5.65. The molecule has 1 aromatic carbocycles. The first-order valence-electron chi connectivity index (χ1n) is 6.99. The first kappa shape index (κ1) is 13.9. The van der Waals surface area contributed by atoms with Gasteiger partial charge in [0.05, 0.1) is 7.11 Å². The van der Waals surface area contributed by atoms with Crippen LogP contribution in [0.2, 0.25) is 0 Å². The van der Waals surface area contributed by atoms with Crippen LogP contribution in [0.1, 0.15) is 18.4 Å². The molecule has 3 rings (SSSR count). The molecule has 4 nitrogen and oxygen atoms in total. The molecule has 0 spiro atoms. The van der Waals surface area contributed by atoms with Crippen LogP contribution < -0.4 is 19.5 Å². The summed E-state index contributed by atoms with van der Waals surface area (Å²) in [6.07, 6.45) is 4.85. The van der Waals surface area contributed by atoms with E-state index in [0.717, 1.165) is 30.3 Å². The molecule has 0 unspecified atom stereocenters. The average molecular weight is 295 g/mol. The number of nitrogens with one attached hydrogen (secondary N) is 1. The maximum Gasteiger partial charge on any atom is 0.203 e. The van der Waals surface area contributed by atoms with Crippen LogP contribution in [-0.2, 0) is 6.54 Å². The molecule has 1 N–H and O–H groups in total. The molecule has 110 valence electrons. The van der Waals surface area contributed by atoms with Crippen molar-refractivity contribution in [2.75, 3.05) is 33.1 Å². The van der Waals surface area contributed by atoms with Gasteiger partial charge in [-0.05, 0) is 36.8 Å². The van der Waals surface area contributed by atoms with E-state index in [1.54, 1.807) is 7.11 Å². The van der Waals surface area contributed by atoms with Gasteiger partial charge in [-0.3, -0.25) is 0 Å². The van der Waals surface area contributed by atoms with Gasteiger partial charge in [-0.25, -0.2) is 0 Å². The van der Waals surface area contributed by atoms with Crippen LogP contribution in [-0.4, -0.2) is 37.9 Å². The smallest absolute Gasteiger partial charge is 0.203 e. The second kappa shape index (κ2) is 5.74. The number of ether oxygens (including phenoxy) is 3. The summed E-state index contributed by atoms with van der Waals surface area (Å²) in [4.78, 5) is 0. The second-order valence-corrected chi connectivity index (χ2v) is 6.59. The number of hydrogen-bond acceptors (Lipinski definition) is 5. The van der Waals surface area contributed by atoms with E-state index in [4.69, 9.17) is 14.2 Å². The average Bonchev–Trinajstić information content (AvgIpc) is 3.27. The van der Waals surface area contributed by atoms with E-state index in [1.165, 1.54) is 18.4 Å². The summed E-state index contributed by atoms with van der Waals surface area (Å²) in [5, 5.41) is 3.54. The van der Waals surface area contributed by atoms with Crippen molar-refractivity contribution >= 4 is 11.8 Å². The van der Waals surface area contributed by atoms with E-state index in [0.29, 0.717) is 18.0 Å². The van der Waals surface area contributed by atoms with Gasteiger partial charge in [0.1, 0.15) is 13.2 Å². The van der Waals surface area contributed by atoms with E-state index in [-0.39, 0.29) is 0 Å². The summed E-state index contributed by atoms with van der Waals surface area (Å²) >= 11 is 1.97. The molecule has 0 radical (unpaired) electrons. The van der Waals surface area contributed by atoms with Gasteiger partial charge in [0, 0.05) is 17.8 Å². The SMILES string of the molecule is COc1cc(CNCC2(SC)CC2)cc2c1OCCO2. The van der Waals surface area contributed by atoms with Crippen LogP contribution >= 0.6 is 11.8 Å². The third-order valence-electron chi connectivity index (χ3n) is 3.90. The first-order chi connectivity index (χ1) is 9.76. The monoisotopic (exact) mass is 295 g/mol. The third kappa shape index (κ3) is 2.83. The Morgan fingerprint density at radius 2 is 2.10 bits per heavy atom. The Hall–Kier alpha value is -1.07. The molecular weight excluding hydrogens is 274 g/mol. The third-order valence-corrected chi connectivity index (χ3v) is 5.32. The van der Waals surface area contributed by atoms with E-state index in [2.05, 4.69) is 11.6 Å². The van der Waals surface area contributed by atoms with Gasteiger partial charge in [0.25, 0.3) is 0 Å². The standard InChI is InChI=1S/C15H21NO3S/c1-17-12-7-11(8-13-14(12)19-6-5-18-13)9-16-10-15(20-2)3-4-15/h7-8,16H,3-6,9-10H2,1-2H3. The van der Waals surface area contributed by atoms with Crippen LogP contribution in [0.25, 0.3) is 0 Å². The summed E-state index contributed by atoms with van der Waals surface area (Å²) in [5.74, 6) is 2.27. The van der Waals surface area contributed by atoms with Crippen molar-refractivity contribution in [1.82, 2.24) is 5.32 Å². The molecule has 1 heterocycles. The lowest BCUT2D eigenvalue weighted by Gasteiger charge is -2.21. The van der Waals surface area contributed by atoms with Gasteiger partial charge in [0.15, 0.2) is 11.5 Å². The molecule has 1 fully saturated rings. The van der Waals surface area contributed by atoms with Gasteiger partial charge in [-0.15, -0.1) is 0 Å². The molecule has 1 aliphatic heterocycles. The molecule has 0 saturated heterocycles. The van der Waals surface area contributed by atoms with Gasteiger partial charge in [0.2, 0.25) is 5.75 Å². The fourth-order valence-electron chi connectivity index (χ4n) is 2.46. The highest BCUT2D eigenvalue weighted by Crippen LogP contribution is 2.46. The zero-order chi connectivity index (χ0) is 14.0. The minimum absolute atomic E-state index is 0.484. The maximum atomic E-state index is 5.65. The number of fused-ring (bicyclic) bond motifs is 1. The molecular formula is C15H21NO3S. The van der Waals surface area contributed by atoms with E-state index in [1.807, 2.05) is 23.9 Å². The fourth-order valence-corrected chi connectivity index (χ4v) is 3.21. The highest BCUT2D eigenvalue weighted by Gasteiger charge is 2.41. The highest BCUT2D eigenvalue weighted by atomic mass is 32.2. The zero-order valence-corrected chi connectivity index (χ0v) is 12.8. The number of thioether (sulfide) groups is 1. The van der Waals surface area contributed by atoms with E-state index < -0.39 is 0 Å². The van der Waals surface area contributed by atoms with Gasteiger partial charge in [-0.2, -0.15) is 11.8 Å². The fraction of sp³-hybridized carbons (Fsp3) is 0.600. The quantitative estimate of drug-likeness (QED) is 0.873. The lowest BCUT2D eigenvalue weighted by molar-refractivity contribution is 0.165. The van der Waals surface area contributed by atoms with Crippen molar-refractivity contribution in [1.29, 1.82) is 0 Å². The molecule has 0 bridgehead atoms. The van der Waals surface area contributed by atoms with Crippen LogP contribution in [0.15, 0.2) is 12.1 Å². The van der Waals surface area contributed by atoms with E-state index >= 15 is 0 Å². The van der Waals surface area contributed by atoms with Crippen LogP contribution in [0.5, 0.6) is 17.2 Å². The van der Waals surface area contributed by atoms with Crippen molar-refractivity contribution in [3.8, 4) is 17.2 Å². The number of benzene rings is 1. The van der Waals surface area contributed by atoms with Crippen molar-refractivity contribution in [3.05, 3.63) is 17.7 Å². The molecule has 1 aromatic rings. The molecule has 1 saturated carbocycles. The van der Waals surface area contributed by atoms with Gasteiger partial charge >= 0.3 is 0 Å². The summed E-state index contributed by atoms with van der Waals surface area (Å²) in [6.45, 7) is 3.07. The number of hydrogen-bond donors (Lipinski definition) is 1. The van der Waals surface area contributed by atoms with Crippen molar-refractivity contribution < 1.29 is 14.2 Å². The summed E-state index contributed by atoms with van der Waals surface area (Å²) < 4.78 is 17.1. The Bertz CT molecular complexity index is 471. The topological polar surface area (TPSA) is 39.7 Å². The second-order valence-electron chi connectivity index (χ2n) is 5.31. The number of methoxy groups -OCH3 is 1. The van der Waals surface area contributed by atoms with Crippen LogP contribution in [0, 0.1) is 0 Å².